The van der Waals surface area contributed by atoms with Crippen molar-refractivity contribution in [3.63, 3.8) is 0 Å². The third-order valence-electron chi connectivity index (χ3n) is 5.16. The van der Waals surface area contributed by atoms with E-state index in [2.05, 4.69) is 10.6 Å². The van der Waals surface area contributed by atoms with Crippen LogP contribution in [0.25, 0.3) is 0 Å². The summed E-state index contributed by atoms with van der Waals surface area (Å²) in [5.74, 6) is -1.41. The average molecular weight is 480 g/mol. The molecule has 6 nitrogen and oxygen atoms in total. The Kier molecular flexibility index (Phi) is 6.49. The van der Waals surface area contributed by atoms with Crippen molar-refractivity contribution in [2.75, 3.05) is 15.5 Å². The Bertz CT molecular complexity index is 1270. The summed E-state index contributed by atoms with van der Waals surface area (Å²) in [4.78, 5) is 39.3. The third kappa shape index (κ3) is 4.62. The summed E-state index contributed by atoms with van der Waals surface area (Å²) in [6.07, 6.45) is 0.660. The summed E-state index contributed by atoms with van der Waals surface area (Å²) in [7, 11) is 0. The number of aryl methyl sites for hydroxylation is 1. The van der Waals surface area contributed by atoms with E-state index in [1.807, 2.05) is 19.1 Å². The maximum Gasteiger partial charge on any atom is 0.283 e. The molecule has 1 heterocycles. The third-order valence-corrected chi connectivity index (χ3v) is 5.76. The zero-order chi connectivity index (χ0) is 23.5. The molecule has 0 aliphatic carbocycles. The van der Waals surface area contributed by atoms with Crippen LogP contribution in [0.15, 0.2) is 83.5 Å². The maximum absolute atomic E-state index is 13.0. The second-order valence-corrected chi connectivity index (χ2v) is 8.09. The number of benzene rings is 3. The predicted octanol–water partition coefficient (Wildman–Crippen LogP) is 5.59. The van der Waals surface area contributed by atoms with Crippen LogP contribution in [0, 0.1) is 0 Å². The van der Waals surface area contributed by atoms with E-state index in [-0.39, 0.29) is 16.6 Å². The minimum absolute atomic E-state index is 0.00839. The van der Waals surface area contributed by atoms with Gasteiger partial charge in [-0.2, -0.15) is 0 Å². The van der Waals surface area contributed by atoms with E-state index in [9.17, 15) is 14.4 Å². The lowest BCUT2D eigenvalue weighted by Crippen LogP contribution is -2.33. The lowest BCUT2D eigenvalue weighted by molar-refractivity contribution is -0.120. The Morgan fingerprint density at radius 3 is 2.15 bits per heavy atom. The van der Waals surface area contributed by atoms with Crippen LogP contribution < -0.4 is 15.5 Å². The van der Waals surface area contributed by atoms with Crippen molar-refractivity contribution in [1.82, 2.24) is 0 Å². The zero-order valence-electron chi connectivity index (χ0n) is 17.6. The van der Waals surface area contributed by atoms with E-state index in [1.54, 1.807) is 60.7 Å². The fraction of sp³-hybridized carbons (Fsp3) is 0.0800. The average Bonchev–Trinajstić information content (AvgIpc) is 3.04. The highest BCUT2D eigenvalue weighted by atomic mass is 35.5. The number of anilines is 3. The molecule has 0 spiro atoms. The van der Waals surface area contributed by atoms with Crippen molar-refractivity contribution in [3.05, 3.63) is 99.7 Å². The molecule has 1 aliphatic heterocycles. The summed E-state index contributed by atoms with van der Waals surface area (Å²) in [6, 6.07) is 20.5. The van der Waals surface area contributed by atoms with Crippen LogP contribution in [-0.2, 0) is 16.0 Å². The topological polar surface area (TPSA) is 78.5 Å². The fourth-order valence-corrected chi connectivity index (χ4v) is 3.78. The Morgan fingerprint density at radius 1 is 0.848 bits per heavy atom. The molecule has 0 saturated heterocycles. The highest BCUT2D eigenvalue weighted by Gasteiger charge is 2.39. The minimum atomic E-state index is -0.580. The van der Waals surface area contributed by atoms with Crippen molar-refractivity contribution < 1.29 is 14.4 Å². The first-order chi connectivity index (χ1) is 15.9. The summed E-state index contributed by atoms with van der Waals surface area (Å²) >= 11 is 12.1. The fourth-order valence-electron chi connectivity index (χ4n) is 3.44. The second-order valence-electron chi connectivity index (χ2n) is 7.28. The van der Waals surface area contributed by atoms with E-state index >= 15 is 0 Å². The van der Waals surface area contributed by atoms with Crippen LogP contribution in [-0.4, -0.2) is 17.7 Å². The molecule has 1 aliphatic rings. The normalized spacial score (nSPS) is 13.5. The van der Waals surface area contributed by atoms with E-state index in [0.717, 1.165) is 10.5 Å². The first-order valence-corrected chi connectivity index (χ1v) is 10.9. The summed E-state index contributed by atoms with van der Waals surface area (Å²) in [6.45, 7) is 1.95. The first kappa shape index (κ1) is 22.6. The van der Waals surface area contributed by atoms with Gasteiger partial charge in [-0.05, 0) is 66.6 Å². The first-order valence-electron chi connectivity index (χ1n) is 10.2. The largest absolute Gasteiger partial charge is 0.350 e. The molecule has 33 heavy (non-hydrogen) atoms. The van der Waals surface area contributed by atoms with Crippen LogP contribution in [0.3, 0.4) is 0 Å². The number of nitrogens with one attached hydrogen (secondary N) is 2. The van der Waals surface area contributed by atoms with Crippen LogP contribution in [0.1, 0.15) is 22.8 Å². The van der Waals surface area contributed by atoms with Crippen molar-refractivity contribution in [2.45, 2.75) is 13.3 Å². The van der Waals surface area contributed by atoms with Gasteiger partial charge in [0.15, 0.2) is 0 Å². The Balaban J connectivity index is 1.49. The quantitative estimate of drug-likeness (QED) is 0.451. The molecule has 0 bridgehead atoms. The predicted molar refractivity (Wildman–Crippen MR) is 131 cm³/mol. The number of imide groups is 1. The van der Waals surface area contributed by atoms with Crippen molar-refractivity contribution in [3.8, 4) is 0 Å². The van der Waals surface area contributed by atoms with E-state index in [4.69, 9.17) is 23.2 Å². The van der Waals surface area contributed by atoms with Crippen LogP contribution >= 0.6 is 23.2 Å². The lowest BCUT2D eigenvalue weighted by Gasteiger charge is -2.18. The molecule has 0 radical (unpaired) electrons. The minimum Gasteiger partial charge on any atom is -0.350 e. The number of halogens is 2. The van der Waals surface area contributed by atoms with E-state index in [1.165, 1.54) is 0 Å². The molecule has 4 rings (SSSR count). The molecule has 8 heteroatoms. The van der Waals surface area contributed by atoms with Crippen molar-refractivity contribution in [2.24, 2.45) is 0 Å². The van der Waals surface area contributed by atoms with Gasteiger partial charge in [-0.3, -0.25) is 14.4 Å². The van der Waals surface area contributed by atoms with Crippen LogP contribution in [0.5, 0.6) is 0 Å². The van der Waals surface area contributed by atoms with Gasteiger partial charge in [0.25, 0.3) is 17.7 Å². The number of nitrogens with zero attached hydrogens (tertiary/aromatic N) is 1. The van der Waals surface area contributed by atoms with Crippen molar-refractivity contribution >= 4 is 58.0 Å². The Morgan fingerprint density at radius 2 is 1.48 bits per heavy atom. The van der Waals surface area contributed by atoms with Gasteiger partial charge < -0.3 is 10.6 Å². The number of carbonyl (C=O) groups is 3. The monoisotopic (exact) mass is 479 g/mol. The van der Waals surface area contributed by atoms with Gasteiger partial charge >= 0.3 is 0 Å². The molecule has 2 N–H and O–H groups in total. The molecule has 0 aromatic heterocycles. The SMILES string of the molecule is CCc1ccccc1N1C(=O)C(Cl)=C(Nc2ccc(C(=O)Nc3ccc(Cl)cc3)cc2)C1=O. The molecular formula is C25H19Cl2N3O3. The summed E-state index contributed by atoms with van der Waals surface area (Å²) in [5.41, 5.74) is 2.91. The number of rotatable bonds is 6. The van der Waals surface area contributed by atoms with E-state index < -0.39 is 11.8 Å². The van der Waals surface area contributed by atoms with Gasteiger partial charge in [0.05, 0.1) is 5.69 Å². The second kappa shape index (κ2) is 9.48. The Hall–Kier alpha value is -3.61. The van der Waals surface area contributed by atoms with Gasteiger partial charge in [0.1, 0.15) is 10.7 Å². The number of hydrogen-bond acceptors (Lipinski definition) is 4. The van der Waals surface area contributed by atoms with Crippen molar-refractivity contribution in [1.29, 1.82) is 0 Å². The highest BCUT2D eigenvalue weighted by molar-refractivity contribution is 6.53. The molecular weight excluding hydrogens is 461 g/mol. The molecule has 0 fully saturated rings. The Labute approximate surface area is 200 Å². The summed E-state index contributed by atoms with van der Waals surface area (Å²) < 4.78 is 0. The molecule has 0 unspecified atom stereocenters. The van der Waals surface area contributed by atoms with Gasteiger partial charge in [-0.25, -0.2) is 4.90 Å². The smallest absolute Gasteiger partial charge is 0.283 e. The molecule has 0 atom stereocenters. The van der Waals surface area contributed by atoms with Gasteiger partial charge in [0, 0.05) is 22.0 Å². The number of para-hydroxylation sites is 1. The summed E-state index contributed by atoms with van der Waals surface area (Å²) in [5, 5.41) is 6.09. The maximum atomic E-state index is 13.0. The lowest BCUT2D eigenvalue weighted by atomic mass is 10.1. The van der Waals surface area contributed by atoms with E-state index in [0.29, 0.717) is 34.1 Å². The number of hydrogen-bond donors (Lipinski definition) is 2. The standard InChI is InChI=1S/C25H19Cl2N3O3/c1-2-15-5-3-4-6-20(15)30-24(32)21(27)22(25(30)33)28-18-11-7-16(8-12-18)23(31)29-19-13-9-17(26)10-14-19/h3-14,28H,2H2,1H3,(H,29,31). The molecule has 3 aromatic rings. The molecule has 3 amide bonds. The van der Waals surface area contributed by atoms with Gasteiger partial charge in [-0.15, -0.1) is 0 Å². The van der Waals surface area contributed by atoms with Gasteiger partial charge in [0.2, 0.25) is 0 Å². The van der Waals surface area contributed by atoms with Crippen LogP contribution in [0.4, 0.5) is 17.1 Å². The molecule has 3 aromatic carbocycles. The number of carbonyl (C=O) groups excluding carboxylic acids is 3. The zero-order valence-corrected chi connectivity index (χ0v) is 19.1. The van der Waals surface area contributed by atoms with Crippen LogP contribution in [0.2, 0.25) is 5.02 Å². The highest BCUT2D eigenvalue weighted by Crippen LogP contribution is 2.32. The molecule has 0 saturated carbocycles. The van der Waals surface area contributed by atoms with Gasteiger partial charge in [-0.1, -0.05) is 48.3 Å². The number of amides is 3. The molecule has 166 valence electrons.